The quantitative estimate of drug-likeness (QED) is 0.822. The lowest BCUT2D eigenvalue weighted by atomic mass is 9.54. The number of rotatable bonds is 3. The summed E-state index contributed by atoms with van der Waals surface area (Å²) in [5.74, 6) is 4.15. The molecule has 4 heteroatoms. The molecule has 0 spiro atoms. The fourth-order valence-corrected chi connectivity index (χ4v) is 6.86. The Bertz CT molecular complexity index is 610. The molecule has 1 heterocycles. The van der Waals surface area contributed by atoms with E-state index in [2.05, 4.69) is 45.4 Å². The maximum Gasteiger partial charge on any atom is 0.169 e. The summed E-state index contributed by atoms with van der Waals surface area (Å²) in [6.07, 6.45) is 7.64. The van der Waals surface area contributed by atoms with Gasteiger partial charge in [0, 0.05) is 38.8 Å². The first-order valence-corrected chi connectivity index (χ1v) is 11.0. The molecule has 26 heavy (non-hydrogen) atoms. The Morgan fingerprint density at radius 2 is 1.50 bits per heavy atom. The highest BCUT2D eigenvalue weighted by Crippen LogP contribution is 2.55. The van der Waals surface area contributed by atoms with Gasteiger partial charge in [0.25, 0.3) is 0 Å². The maximum atomic E-state index is 5.67. The molecular formula is C22H31N3S. The first-order valence-electron chi connectivity index (χ1n) is 10.6. The molecule has 1 saturated heterocycles. The van der Waals surface area contributed by atoms with E-state index in [1.54, 1.807) is 6.42 Å². The van der Waals surface area contributed by atoms with Crippen LogP contribution in [0.3, 0.4) is 0 Å². The summed E-state index contributed by atoms with van der Waals surface area (Å²) in [6.45, 7) is 5.39. The van der Waals surface area contributed by atoms with Crippen molar-refractivity contribution in [3.05, 3.63) is 35.9 Å². The van der Waals surface area contributed by atoms with Gasteiger partial charge < -0.3 is 10.2 Å². The zero-order chi connectivity index (χ0) is 17.5. The van der Waals surface area contributed by atoms with E-state index in [-0.39, 0.29) is 0 Å². The Hall–Kier alpha value is -1.13. The summed E-state index contributed by atoms with van der Waals surface area (Å²) >= 11 is 5.67. The van der Waals surface area contributed by atoms with Crippen LogP contribution in [0.25, 0.3) is 0 Å². The number of benzene rings is 1. The van der Waals surface area contributed by atoms with Gasteiger partial charge in [0.05, 0.1) is 0 Å². The summed E-state index contributed by atoms with van der Waals surface area (Å²) in [5, 5.41) is 4.38. The van der Waals surface area contributed by atoms with Crippen molar-refractivity contribution in [1.29, 1.82) is 0 Å². The topological polar surface area (TPSA) is 18.5 Å². The Kier molecular flexibility index (Phi) is 4.66. The molecule has 0 aromatic heterocycles. The summed E-state index contributed by atoms with van der Waals surface area (Å²) in [7, 11) is 0. The highest BCUT2D eigenvalue weighted by atomic mass is 32.1. The lowest BCUT2D eigenvalue weighted by Gasteiger charge is -2.58. The van der Waals surface area contributed by atoms with E-state index in [9.17, 15) is 0 Å². The molecule has 5 aliphatic rings. The van der Waals surface area contributed by atoms with Crippen molar-refractivity contribution in [1.82, 2.24) is 15.1 Å². The predicted molar refractivity (Wildman–Crippen MR) is 110 cm³/mol. The van der Waals surface area contributed by atoms with Crippen molar-refractivity contribution < 1.29 is 0 Å². The monoisotopic (exact) mass is 369 g/mol. The smallest absolute Gasteiger partial charge is 0.169 e. The highest BCUT2D eigenvalue weighted by Gasteiger charge is 2.50. The van der Waals surface area contributed by atoms with Crippen molar-refractivity contribution in [2.24, 2.45) is 23.7 Å². The number of thiocarbonyl (C=S) groups is 1. The predicted octanol–water partition coefficient (Wildman–Crippen LogP) is 3.50. The fraction of sp³-hybridized carbons (Fsp3) is 0.682. The number of piperazine rings is 1. The Morgan fingerprint density at radius 1 is 0.885 bits per heavy atom. The molecule has 3 nitrogen and oxygen atoms in total. The minimum absolute atomic E-state index is 0.829. The van der Waals surface area contributed by atoms with E-state index in [0.29, 0.717) is 0 Å². The highest BCUT2D eigenvalue weighted by molar-refractivity contribution is 7.80. The van der Waals surface area contributed by atoms with E-state index in [4.69, 9.17) is 12.2 Å². The molecule has 4 bridgehead atoms. The first kappa shape index (κ1) is 17.0. The summed E-state index contributed by atoms with van der Waals surface area (Å²) in [4.78, 5) is 5.22. The number of nitrogens with one attached hydrogen (secondary N) is 1. The molecule has 0 atom stereocenters. The molecule has 1 aromatic rings. The summed E-state index contributed by atoms with van der Waals surface area (Å²) in [5.41, 5.74) is 1.29. The van der Waals surface area contributed by atoms with Gasteiger partial charge in [-0.2, -0.15) is 0 Å². The van der Waals surface area contributed by atoms with Gasteiger partial charge >= 0.3 is 0 Å². The average molecular weight is 370 g/mol. The fourth-order valence-electron chi connectivity index (χ4n) is 6.60. The standard InChI is InChI=1S/C22H31N3S/c26-22(23-15-16-4-2-1-3-5-16)25-8-6-24(7-9-25)21-19-11-17-10-18(13-19)14-20(21)12-17/h1-5,17-21H,6-15H2,(H,23,26). The Morgan fingerprint density at radius 3 is 2.12 bits per heavy atom. The molecule has 1 N–H and O–H groups in total. The largest absolute Gasteiger partial charge is 0.358 e. The molecule has 6 rings (SSSR count). The normalized spacial score (nSPS) is 36.3. The second-order valence-electron chi connectivity index (χ2n) is 9.09. The average Bonchev–Trinajstić information content (AvgIpc) is 2.67. The van der Waals surface area contributed by atoms with Crippen molar-refractivity contribution >= 4 is 17.3 Å². The van der Waals surface area contributed by atoms with E-state index in [1.807, 2.05) is 0 Å². The van der Waals surface area contributed by atoms with Gasteiger partial charge in [0.1, 0.15) is 0 Å². The summed E-state index contributed by atoms with van der Waals surface area (Å²) in [6, 6.07) is 11.4. The van der Waals surface area contributed by atoms with Crippen molar-refractivity contribution in [2.75, 3.05) is 26.2 Å². The number of nitrogens with zero attached hydrogens (tertiary/aromatic N) is 2. The van der Waals surface area contributed by atoms with Gasteiger partial charge in [0.15, 0.2) is 5.11 Å². The van der Waals surface area contributed by atoms with Crippen LogP contribution in [-0.4, -0.2) is 47.1 Å². The Labute approximate surface area is 163 Å². The van der Waals surface area contributed by atoms with Crippen LogP contribution in [0.4, 0.5) is 0 Å². The van der Waals surface area contributed by atoms with Crippen LogP contribution < -0.4 is 5.32 Å². The zero-order valence-electron chi connectivity index (χ0n) is 15.6. The van der Waals surface area contributed by atoms with Gasteiger partial charge in [0.2, 0.25) is 0 Å². The molecule has 1 aliphatic heterocycles. The first-order chi connectivity index (χ1) is 12.8. The second-order valence-corrected chi connectivity index (χ2v) is 9.48. The molecule has 0 radical (unpaired) electrons. The molecule has 5 fully saturated rings. The van der Waals surface area contributed by atoms with Crippen molar-refractivity contribution in [3.63, 3.8) is 0 Å². The minimum atomic E-state index is 0.829. The molecular weight excluding hydrogens is 338 g/mol. The molecule has 0 unspecified atom stereocenters. The van der Waals surface area contributed by atoms with Crippen LogP contribution in [0.1, 0.15) is 37.7 Å². The Balaban J connectivity index is 1.13. The third-order valence-corrected chi connectivity index (χ3v) is 7.89. The van der Waals surface area contributed by atoms with E-state index < -0.39 is 0 Å². The van der Waals surface area contributed by atoms with Crippen LogP contribution in [0.15, 0.2) is 30.3 Å². The third-order valence-electron chi connectivity index (χ3n) is 7.49. The van der Waals surface area contributed by atoms with Crippen LogP contribution in [-0.2, 0) is 6.54 Å². The molecule has 0 amide bonds. The van der Waals surface area contributed by atoms with Crippen LogP contribution >= 0.6 is 12.2 Å². The van der Waals surface area contributed by atoms with Crippen molar-refractivity contribution in [2.45, 2.75) is 44.7 Å². The zero-order valence-corrected chi connectivity index (χ0v) is 16.5. The number of hydrogen-bond donors (Lipinski definition) is 1. The third kappa shape index (κ3) is 3.27. The SMILES string of the molecule is S=C(NCc1ccccc1)N1CCN(C2C3CC4CC(C3)CC2C4)CC1. The minimum Gasteiger partial charge on any atom is -0.358 e. The van der Waals surface area contributed by atoms with Crippen LogP contribution in [0.5, 0.6) is 0 Å². The lowest BCUT2D eigenvalue weighted by Crippen LogP contribution is -2.61. The maximum absolute atomic E-state index is 5.67. The van der Waals surface area contributed by atoms with Gasteiger partial charge in [-0.1, -0.05) is 30.3 Å². The van der Waals surface area contributed by atoms with Crippen LogP contribution in [0, 0.1) is 23.7 Å². The van der Waals surface area contributed by atoms with E-state index >= 15 is 0 Å². The van der Waals surface area contributed by atoms with Gasteiger partial charge in [-0.3, -0.25) is 4.90 Å². The second kappa shape index (κ2) is 7.12. The van der Waals surface area contributed by atoms with Gasteiger partial charge in [-0.05, 0) is 73.6 Å². The lowest BCUT2D eigenvalue weighted by molar-refractivity contribution is -0.0727. The molecule has 140 valence electrons. The van der Waals surface area contributed by atoms with E-state index in [0.717, 1.165) is 54.5 Å². The van der Waals surface area contributed by atoms with Crippen molar-refractivity contribution in [3.8, 4) is 0 Å². The van der Waals surface area contributed by atoms with E-state index in [1.165, 1.54) is 44.3 Å². The summed E-state index contributed by atoms with van der Waals surface area (Å²) < 4.78 is 0. The molecule has 4 aliphatic carbocycles. The van der Waals surface area contributed by atoms with Crippen LogP contribution in [0.2, 0.25) is 0 Å². The number of hydrogen-bond acceptors (Lipinski definition) is 2. The molecule has 4 saturated carbocycles. The van der Waals surface area contributed by atoms with Gasteiger partial charge in [-0.25, -0.2) is 0 Å². The molecule has 1 aromatic carbocycles. The van der Waals surface area contributed by atoms with Gasteiger partial charge in [-0.15, -0.1) is 0 Å².